The summed E-state index contributed by atoms with van der Waals surface area (Å²) in [4.78, 5) is 11.4. The molecule has 0 saturated heterocycles. The average molecular weight is 221 g/mol. The number of carbonyl (C=O) groups excluding carboxylic acids is 1. The molecule has 0 bridgehead atoms. The Labute approximate surface area is 94.0 Å². The van der Waals surface area contributed by atoms with Gasteiger partial charge in [0.1, 0.15) is 5.75 Å². The summed E-state index contributed by atoms with van der Waals surface area (Å²) < 4.78 is 5.45. The van der Waals surface area contributed by atoms with Crippen LogP contribution in [0.4, 0.5) is 5.69 Å². The predicted molar refractivity (Wildman–Crippen MR) is 61.1 cm³/mol. The van der Waals surface area contributed by atoms with Crippen molar-refractivity contribution in [1.29, 1.82) is 0 Å². The van der Waals surface area contributed by atoms with E-state index in [-0.39, 0.29) is 5.91 Å². The van der Waals surface area contributed by atoms with Gasteiger partial charge in [0, 0.05) is 13.2 Å². The van der Waals surface area contributed by atoms with Crippen LogP contribution >= 0.6 is 0 Å². The van der Waals surface area contributed by atoms with Crippen LogP contribution in [-0.2, 0) is 11.3 Å². The van der Waals surface area contributed by atoms with Crippen LogP contribution in [-0.4, -0.2) is 18.7 Å². The Morgan fingerprint density at radius 3 is 3.12 bits per heavy atom. The number of anilines is 1. The molecule has 0 fully saturated rings. The average Bonchev–Trinajstić information content (AvgIpc) is 2.28. The number of amides is 1. The summed E-state index contributed by atoms with van der Waals surface area (Å²) >= 11 is 0. The molecule has 0 aliphatic carbocycles. The molecule has 0 aromatic heterocycles. The molecular weight excluding hydrogens is 206 g/mol. The van der Waals surface area contributed by atoms with E-state index in [2.05, 4.69) is 10.6 Å². The molecule has 16 heavy (non-hydrogen) atoms. The molecule has 1 aromatic carbocycles. The second-order valence-electron chi connectivity index (χ2n) is 3.71. The highest BCUT2D eigenvalue weighted by Gasteiger charge is 2.23. The molecule has 0 spiro atoms. The summed E-state index contributed by atoms with van der Waals surface area (Å²) in [7, 11) is 0. The zero-order valence-electron chi connectivity index (χ0n) is 9.12. The fraction of sp³-hybridized carbons (Fsp3) is 0.364. The Kier molecular flexibility index (Phi) is 3.07. The van der Waals surface area contributed by atoms with Gasteiger partial charge in [-0.1, -0.05) is 6.07 Å². The molecule has 0 radical (unpaired) electrons. The number of rotatable bonds is 3. The number of hydrogen-bond donors (Lipinski definition) is 3. The molecule has 1 heterocycles. The molecule has 1 atom stereocenters. The van der Waals surface area contributed by atoms with Gasteiger partial charge in [-0.3, -0.25) is 4.79 Å². The summed E-state index contributed by atoms with van der Waals surface area (Å²) in [5.74, 6) is 0.597. The zero-order valence-corrected chi connectivity index (χ0v) is 9.12. The standard InChI is InChI=1S/C11H15N3O2/c1-7-11(15)14-9-4-8(5-13-6-12)2-3-10(9)16-7/h2-4,7,13H,5-6,12H2,1H3,(H,14,15). The third-order valence-electron chi connectivity index (χ3n) is 2.45. The van der Waals surface area contributed by atoms with Gasteiger partial charge in [0.2, 0.25) is 0 Å². The molecule has 1 unspecified atom stereocenters. The quantitative estimate of drug-likeness (QED) is 0.646. The van der Waals surface area contributed by atoms with Gasteiger partial charge in [0.15, 0.2) is 6.10 Å². The zero-order chi connectivity index (χ0) is 11.5. The summed E-state index contributed by atoms with van der Waals surface area (Å²) in [6, 6.07) is 5.70. The summed E-state index contributed by atoms with van der Waals surface area (Å²) in [6.45, 7) is 2.83. The number of carbonyl (C=O) groups is 1. The first-order valence-electron chi connectivity index (χ1n) is 5.22. The topological polar surface area (TPSA) is 76.4 Å². The first-order chi connectivity index (χ1) is 7.70. The number of hydrogen-bond acceptors (Lipinski definition) is 4. The van der Waals surface area contributed by atoms with E-state index >= 15 is 0 Å². The Hall–Kier alpha value is -1.59. The van der Waals surface area contributed by atoms with Crippen LogP contribution in [0.5, 0.6) is 5.75 Å². The normalized spacial score (nSPS) is 18.6. The lowest BCUT2D eigenvalue weighted by molar-refractivity contribution is -0.122. The highest BCUT2D eigenvalue weighted by atomic mass is 16.5. The summed E-state index contributed by atoms with van der Waals surface area (Å²) in [5, 5.41) is 5.82. The van der Waals surface area contributed by atoms with Crippen molar-refractivity contribution in [2.24, 2.45) is 5.73 Å². The molecule has 1 aromatic rings. The minimum Gasteiger partial charge on any atom is -0.479 e. The molecule has 0 saturated carbocycles. The molecule has 1 aliphatic rings. The largest absolute Gasteiger partial charge is 0.479 e. The molecule has 1 aliphatic heterocycles. The van der Waals surface area contributed by atoms with Gasteiger partial charge in [-0.05, 0) is 24.6 Å². The molecule has 1 amide bonds. The van der Waals surface area contributed by atoms with E-state index in [1.165, 1.54) is 0 Å². The number of benzene rings is 1. The maximum Gasteiger partial charge on any atom is 0.265 e. The lowest BCUT2D eigenvalue weighted by Crippen LogP contribution is -2.34. The molecule has 2 rings (SSSR count). The van der Waals surface area contributed by atoms with E-state index in [1.54, 1.807) is 6.92 Å². The first-order valence-corrected chi connectivity index (χ1v) is 5.22. The summed E-state index contributed by atoms with van der Waals surface area (Å²) in [5.41, 5.74) is 7.13. The molecule has 5 heteroatoms. The van der Waals surface area contributed by atoms with Crippen molar-refractivity contribution in [3.05, 3.63) is 23.8 Å². The van der Waals surface area contributed by atoms with Gasteiger partial charge in [-0.2, -0.15) is 0 Å². The van der Waals surface area contributed by atoms with Crippen molar-refractivity contribution in [1.82, 2.24) is 5.32 Å². The van der Waals surface area contributed by atoms with E-state index in [0.29, 0.717) is 19.0 Å². The third kappa shape index (κ3) is 2.15. The van der Waals surface area contributed by atoms with Crippen LogP contribution in [0.15, 0.2) is 18.2 Å². The van der Waals surface area contributed by atoms with Crippen molar-refractivity contribution in [3.63, 3.8) is 0 Å². The first kappa shape index (κ1) is 10.9. The van der Waals surface area contributed by atoms with Crippen LogP contribution in [0, 0.1) is 0 Å². The van der Waals surface area contributed by atoms with Crippen LogP contribution in [0.2, 0.25) is 0 Å². The van der Waals surface area contributed by atoms with E-state index in [9.17, 15) is 4.79 Å². The highest BCUT2D eigenvalue weighted by Crippen LogP contribution is 2.30. The van der Waals surface area contributed by atoms with Crippen molar-refractivity contribution in [2.75, 3.05) is 12.0 Å². The van der Waals surface area contributed by atoms with Crippen LogP contribution in [0.3, 0.4) is 0 Å². The van der Waals surface area contributed by atoms with Crippen molar-refractivity contribution in [2.45, 2.75) is 19.6 Å². The predicted octanol–water partition coefficient (Wildman–Crippen LogP) is 0.412. The monoisotopic (exact) mass is 221 g/mol. The van der Waals surface area contributed by atoms with Gasteiger partial charge in [0.05, 0.1) is 5.69 Å². The maximum atomic E-state index is 11.4. The highest BCUT2D eigenvalue weighted by molar-refractivity contribution is 5.97. The summed E-state index contributed by atoms with van der Waals surface area (Å²) in [6.07, 6.45) is -0.430. The number of fused-ring (bicyclic) bond motifs is 1. The van der Waals surface area contributed by atoms with E-state index in [1.807, 2.05) is 18.2 Å². The molecular formula is C11H15N3O2. The lowest BCUT2D eigenvalue weighted by atomic mass is 10.1. The van der Waals surface area contributed by atoms with E-state index < -0.39 is 6.10 Å². The van der Waals surface area contributed by atoms with E-state index in [4.69, 9.17) is 10.5 Å². The number of nitrogens with two attached hydrogens (primary N) is 1. The number of ether oxygens (including phenoxy) is 1. The van der Waals surface area contributed by atoms with Crippen LogP contribution < -0.4 is 21.1 Å². The van der Waals surface area contributed by atoms with Crippen LogP contribution in [0.25, 0.3) is 0 Å². The second kappa shape index (κ2) is 4.51. The smallest absolute Gasteiger partial charge is 0.265 e. The van der Waals surface area contributed by atoms with Crippen molar-refractivity contribution < 1.29 is 9.53 Å². The van der Waals surface area contributed by atoms with Gasteiger partial charge < -0.3 is 21.1 Å². The minimum absolute atomic E-state index is 0.114. The molecule has 4 N–H and O–H groups in total. The van der Waals surface area contributed by atoms with Crippen molar-refractivity contribution in [3.8, 4) is 5.75 Å². The fourth-order valence-electron chi connectivity index (χ4n) is 1.58. The Bertz CT molecular complexity index is 406. The van der Waals surface area contributed by atoms with Gasteiger partial charge >= 0.3 is 0 Å². The van der Waals surface area contributed by atoms with Gasteiger partial charge in [0.25, 0.3) is 5.91 Å². The van der Waals surface area contributed by atoms with Crippen molar-refractivity contribution >= 4 is 11.6 Å². The lowest BCUT2D eigenvalue weighted by Gasteiger charge is -2.23. The second-order valence-corrected chi connectivity index (χ2v) is 3.71. The Balaban J connectivity index is 2.19. The van der Waals surface area contributed by atoms with E-state index in [0.717, 1.165) is 11.3 Å². The maximum absolute atomic E-state index is 11.4. The van der Waals surface area contributed by atoms with Gasteiger partial charge in [-0.25, -0.2) is 0 Å². The molecule has 86 valence electrons. The SMILES string of the molecule is CC1Oc2ccc(CNCN)cc2NC1=O. The molecule has 5 nitrogen and oxygen atoms in total. The Morgan fingerprint density at radius 2 is 2.38 bits per heavy atom. The van der Waals surface area contributed by atoms with Crippen LogP contribution in [0.1, 0.15) is 12.5 Å². The minimum atomic E-state index is -0.430. The van der Waals surface area contributed by atoms with Gasteiger partial charge in [-0.15, -0.1) is 0 Å². The Morgan fingerprint density at radius 1 is 1.56 bits per heavy atom. The third-order valence-corrected chi connectivity index (χ3v) is 2.45. The number of nitrogens with one attached hydrogen (secondary N) is 2. The fourth-order valence-corrected chi connectivity index (χ4v) is 1.58.